The van der Waals surface area contributed by atoms with Crippen molar-refractivity contribution in [1.82, 2.24) is 4.90 Å². The highest BCUT2D eigenvalue weighted by molar-refractivity contribution is 7.93. The number of benzene rings is 2. The molecule has 0 radical (unpaired) electrons. The largest absolute Gasteiger partial charge is 0.497 e. The van der Waals surface area contributed by atoms with E-state index < -0.39 is 10.0 Å². The summed E-state index contributed by atoms with van der Waals surface area (Å²) in [5.74, 6) is 0.893. The SMILES string of the molecule is COc1ccc(N(CC(=O)N2CCCCC2)S(=O)(=O)c2cc(OC)ccc2OC)cc1. The molecule has 9 heteroatoms. The van der Waals surface area contributed by atoms with Crippen molar-refractivity contribution in [2.45, 2.75) is 24.2 Å². The van der Waals surface area contributed by atoms with Crippen molar-refractivity contribution in [3.05, 3.63) is 42.5 Å². The minimum atomic E-state index is -4.14. The maximum atomic E-state index is 13.7. The highest BCUT2D eigenvalue weighted by Crippen LogP contribution is 2.33. The molecule has 1 heterocycles. The monoisotopic (exact) mass is 448 g/mol. The van der Waals surface area contributed by atoms with Crippen LogP contribution in [0.15, 0.2) is 47.4 Å². The molecule has 0 bridgehead atoms. The van der Waals surface area contributed by atoms with E-state index in [9.17, 15) is 13.2 Å². The first kappa shape index (κ1) is 22.7. The fourth-order valence-corrected chi connectivity index (χ4v) is 5.12. The number of hydrogen-bond donors (Lipinski definition) is 0. The Hall–Kier alpha value is -2.94. The summed E-state index contributed by atoms with van der Waals surface area (Å²) >= 11 is 0. The first-order chi connectivity index (χ1) is 14.9. The molecule has 0 N–H and O–H groups in total. The van der Waals surface area contributed by atoms with Gasteiger partial charge in [-0.2, -0.15) is 0 Å². The molecule has 2 aromatic carbocycles. The maximum absolute atomic E-state index is 13.7. The third kappa shape index (κ3) is 5.04. The molecule has 0 spiro atoms. The van der Waals surface area contributed by atoms with Crippen molar-refractivity contribution in [2.75, 3.05) is 45.3 Å². The molecule has 168 valence electrons. The predicted octanol–water partition coefficient (Wildman–Crippen LogP) is 2.92. The number of ether oxygens (including phenoxy) is 3. The number of likely N-dealkylation sites (tertiary alicyclic amines) is 1. The fraction of sp³-hybridized carbons (Fsp3) is 0.409. The van der Waals surface area contributed by atoms with Gasteiger partial charge in [0.15, 0.2) is 0 Å². The number of anilines is 1. The van der Waals surface area contributed by atoms with Gasteiger partial charge >= 0.3 is 0 Å². The van der Waals surface area contributed by atoms with E-state index >= 15 is 0 Å². The van der Waals surface area contributed by atoms with Gasteiger partial charge in [-0.25, -0.2) is 8.42 Å². The topological polar surface area (TPSA) is 85.4 Å². The van der Waals surface area contributed by atoms with Crippen LogP contribution in [0.25, 0.3) is 0 Å². The number of sulfonamides is 1. The summed E-state index contributed by atoms with van der Waals surface area (Å²) in [6, 6.07) is 11.1. The van der Waals surface area contributed by atoms with Crippen LogP contribution < -0.4 is 18.5 Å². The number of nitrogens with zero attached hydrogens (tertiary/aromatic N) is 2. The molecule has 31 heavy (non-hydrogen) atoms. The third-order valence-corrected chi connectivity index (χ3v) is 7.08. The van der Waals surface area contributed by atoms with Crippen LogP contribution in [0.4, 0.5) is 5.69 Å². The number of carbonyl (C=O) groups is 1. The van der Waals surface area contributed by atoms with Crippen LogP contribution in [0.1, 0.15) is 19.3 Å². The van der Waals surface area contributed by atoms with E-state index in [1.54, 1.807) is 35.2 Å². The summed E-state index contributed by atoms with van der Waals surface area (Å²) in [6.07, 6.45) is 2.92. The second kappa shape index (κ2) is 9.91. The number of methoxy groups -OCH3 is 3. The molecular formula is C22H28N2O6S. The van der Waals surface area contributed by atoms with Crippen LogP contribution in [-0.2, 0) is 14.8 Å². The van der Waals surface area contributed by atoms with Gasteiger partial charge in [-0.3, -0.25) is 9.10 Å². The standard InChI is InChI=1S/C22H28N2O6S/c1-28-18-9-7-17(8-10-18)24(16-22(25)23-13-5-4-6-14-23)31(26,27)21-15-19(29-2)11-12-20(21)30-3/h7-12,15H,4-6,13-14,16H2,1-3H3. The summed E-state index contributed by atoms with van der Waals surface area (Å²) < 4.78 is 44.3. The van der Waals surface area contributed by atoms with E-state index in [2.05, 4.69) is 0 Å². The Balaban J connectivity index is 2.04. The summed E-state index contributed by atoms with van der Waals surface area (Å²) in [5, 5.41) is 0. The smallest absolute Gasteiger partial charge is 0.268 e. The Bertz CT molecular complexity index is 1000. The Morgan fingerprint density at radius 1 is 0.903 bits per heavy atom. The zero-order valence-electron chi connectivity index (χ0n) is 18.0. The molecule has 0 aromatic heterocycles. The molecule has 1 fully saturated rings. The maximum Gasteiger partial charge on any atom is 0.268 e. The van der Waals surface area contributed by atoms with E-state index in [1.165, 1.54) is 33.5 Å². The molecule has 0 saturated carbocycles. The van der Waals surface area contributed by atoms with Gasteiger partial charge in [0, 0.05) is 19.2 Å². The molecule has 0 unspecified atom stereocenters. The van der Waals surface area contributed by atoms with Gasteiger partial charge in [-0.05, 0) is 55.7 Å². The number of hydrogen-bond acceptors (Lipinski definition) is 6. The van der Waals surface area contributed by atoms with Crippen LogP contribution in [0.5, 0.6) is 17.2 Å². The molecular weight excluding hydrogens is 420 g/mol. The van der Waals surface area contributed by atoms with Gasteiger partial charge in [-0.15, -0.1) is 0 Å². The summed E-state index contributed by atoms with van der Waals surface area (Å²) in [7, 11) is 0.247. The van der Waals surface area contributed by atoms with E-state index in [-0.39, 0.29) is 23.1 Å². The Labute approximate surface area is 183 Å². The van der Waals surface area contributed by atoms with E-state index in [4.69, 9.17) is 14.2 Å². The number of piperidine rings is 1. The van der Waals surface area contributed by atoms with Crippen molar-refractivity contribution >= 4 is 21.6 Å². The first-order valence-corrected chi connectivity index (χ1v) is 11.5. The Morgan fingerprint density at radius 3 is 2.10 bits per heavy atom. The molecule has 8 nitrogen and oxygen atoms in total. The van der Waals surface area contributed by atoms with Gasteiger partial charge in [0.25, 0.3) is 10.0 Å². The Kier molecular flexibility index (Phi) is 7.27. The van der Waals surface area contributed by atoms with Crippen LogP contribution in [0.3, 0.4) is 0 Å². The lowest BCUT2D eigenvalue weighted by Crippen LogP contribution is -2.44. The molecule has 1 aliphatic rings. The normalized spacial score (nSPS) is 14.1. The quantitative estimate of drug-likeness (QED) is 0.617. The second-order valence-electron chi connectivity index (χ2n) is 7.17. The second-order valence-corrected chi connectivity index (χ2v) is 9.00. The Morgan fingerprint density at radius 2 is 1.52 bits per heavy atom. The van der Waals surface area contributed by atoms with Crippen molar-refractivity contribution < 1.29 is 27.4 Å². The fourth-order valence-electron chi connectivity index (χ4n) is 3.53. The highest BCUT2D eigenvalue weighted by Gasteiger charge is 2.32. The average Bonchev–Trinajstić information content (AvgIpc) is 2.82. The van der Waals surface area contributed by atoms with Crippen LogP contribution in [0, 0.1) is 0 Å². The lowest BCUT2D eigenvalue weighted by atomic mass is 10.1. The zero-order valence-corrected chi connectivity index (χ0v) is 18.9. The van der Waals surface area contributed by atoms with E-state index in [1.807, 2.05) is 0 Å². The van der Waals surface area contributed by atoms with E-state index in [0.717, 1.165) is 23.6 Å². The number of carbonyl (C=O) groups excluding carboxylic acids is 1. The summed E-state index contributed by atoms with van der Waals surface area (Å²) in [4.78, 5) is 14.6. The van der Waals surface area contributed by atoms with Crippen molar-refractivity contribution in [3.63, 3.8) is 0 Å². The lowest BCUT2D eigenvalue weighted by molar-refractivity contribution is -0.130. The molecule has 1 saturated heterocycles. The first-order valence-electron chi connectivity index (χ1n) is 10.1. The summed E-state index contributed by atoms with van der Waals surface area (Å²) in [5.41, 5.74) is 0.357. The van der Waals surface area contributed by atoms with Crippen molar-refractivity contribution in [1.29, 1.82) is 0 Å². The highest BCUT2D eigenvalue weighted by atomic mass is 32.2. The van der Waals surface area contributed by atoms with Crippen LogP contribution in [-0.4, -0.2) is 60.2 Å². The predicted molar refractivity (Wildman–Crippen MR) is 118 cm³/mol. The van der Waals surface area contributed by atoms with E-state index in [0.29, 0.717) is 30.3 Å². The third-order valence-electron chi connectivity index (χ3n) is 5.29. The molecule has 0 atom stereocenters. The van der Waals surface area contributed by atoms with Gasteiger partial charge in [0.1, 0.15) is 28.7 Å². The number of rotatable bonds is 8. The molecule has 3 rings (SSSR count). The minimum absolute atomic E-state index is 0.0726. The van der Waals surface area contributed by atoms with Gasteiger partial charge < -0.3 is 19.1 Å². The minimum Gasteiger partial charge on any atom is -0.497 e. The van der Waals surface area contributed by atoms with Crippen molar-refractivity contribution in [3.8, 4) is 17.2 Å². The lowest BCUT2D eigenvalue weighted by Gasteiger charge is -2.31. The molecule has 1 aliphatic heterocycles. The zero-order chi connectivity index (χ0) is 22.4. The molecule has 0 aliphatic carbocycles. The van der Waals surface area contributed by atoms with Crippen molar-refractivity contribution in [2.24, 2.45) is 0 Å². The number of amides is 1. The summed E-state index contributed by atoms with van der Waals surface area (Å²) in [6.45, 7) is 0.963. The molecule has 1 amide bonds. The van der Waals surface area contributed by atoms with Gasteiger partial charge in [-0.1, -0.05) is 0 Å². The molecule has 2 aromatic rings. The van der Waals surface area contributed by atoms with Gasteiger partial charge in [0.2, 0.25) is 5.91 Å². The average molecular weight is 449 g/mol. The van der Waals surface area contributed by atoms with Gasteiger partial charge in [0.05, 0.1) is 27.0 Å². The van der Waals surface area contributed by atoms with Crippen LogP contribution >= 0.6 is 0 Å². The van der Waals surface area contributed by atoms with Crippen LogP contribution in [0.2, 0.25) is 0 Å².